The number of benzene rings is 3. The maximum absolute atomic E-state index is 13.1. The van der Waals surface area contributed by atoms with Gasteiger partial charge in [-0.15, -0.1) is 0 Å². The van der Waals surface area contributed by atoms with Crippen molar-refractivity contribution >= 4 is 39.9 Å². The Morgan fingerprint density at radius 2 is 1.76 bits per heavy atom. The molecule has 0 saturated carbocycles. The molecule has 0 atom stereocenters. The molecule has 3 rings (SSSR count). The SMILES string of the molecule is O=C(COC(=O)c1ccc2ccccc2c1)Nc1ccc(F)c(Cl)c1. The summed E-state index contributed by atoms with van der Waals surface area (Å²) in [7, 11) is 0. The summed E-state index contributed by atoms with van der Waals surface area (Å²) in [5, 5.41) is 4.28. The second-order valence-corrected chi connectivity index (χ2v) is 5.72. The van der Waals surface area contributed by atoms with Crippen LogP contribution in [0.5, 0.6) is 0 Å². The maximum atomic E-state index is 13.1. The smallest absolute Gasteiger partial charge is 0.338 e. The molecule has 0 aromatic heterocycles. The minimum Gasteiger partial charge on any atom is -0.452 e. The monoisotopic (exact) mass is 357 g/mol. The summed E-state index contributed by atoms with van der Waals surface area (Å²) in [6.07, 6.45) is 0. The number of anilines is 1. The summed E-state index contributed by atoms with van der Waals surface area (Å²) < 4.78 is 18.1. The van der Waals surface area contributed by atoms with E-state index in [-0.39, 0.29) is 5.02 Å². The van der Waals surface area contributed by atoms with Crippen LogP contribution < -0.4 is 5.32 Å². The van der Waals surface area contributed by atoms with Crippen LogP contribution in [0.3, 0.4) is 0 Å². The summed E-state index contributed by atoms with van der Waals surface area (Å²) >= 11 is 5.64. The number of halogens is 2. The molecule has 3 aromatic rings. The number of esters is 1. The van der Waals surface area contributed by atoms with Crippen LogP contribution >= 0.6 is 11.6 Å². The van der Waals surface area contributed by atoms with E-state index in [9.17, 15) is 14.0 Å². The molecule has 1 N–H and O–H groups in total. The normalized spacial score (nSPS) is 10.5. The summed E-state index contributed by atoms with van der Waals surface area (Å²) in [5.74, 6) is -1.72. The van der Waals surface area contributed by atoms with Gasteiger partial charge in [-0.3, -0.25) is 4.79 Å². The molecule has 6 heteroatoms. The van der Waals surface area contributed by atoms with Gasteiger partial charge >= 0.3 is 5.97 Å². The molecular formula is C19H13ClFNO3. The van der Waals surface area contributed by atoms with Crippen LogP contribution in [0.15, 0.2) is 60.7 Å². The first kappa shape index (κ1) is 16.9. The molecule has 0 aliphatic rings. The molecule has 0 radical (unpaired) electrons. The number of rotatable bonds is 4. The number of amides is 1. The third kappa shape index (κ3) is 4.14. The summed E-state index contributed by atoms with van der Waals surface area (Å²) in [5.41, 5.74) is 0.675. The van der Waals surface area contributed by atoms with Crippen molar-refractivity contribution in [2.75, 3.05) is 11.9 Å². The van der Waals surface area contributed by atoms with Gasteiger partial charge in [0.2, 0.25) is 0 Å². The number of fused-ring (bicyclic) bond motifs is 1. The largest absolute Gasteiger partial charge is 0.452 e. The number of carbonyl (C=O) groups excluding carboxylic acids is 2. The minimum absolute atomic E-state index is 0.106. The van der Waals surface area contributed by atoms with Crippen molar-refractivity contribution in [3.8, 4) is 0 Å². The first-order valence-electron chi connectivity index (χ1n) is 7.44. The van der Waals surface area contributed by atoms with Crippen molar-refractivity contribution < 1.29 is 18.7 Å². The van der Waals surface area contributed by atoms with Gasteiger partial charge in [-0.1, -0.05) is 41.9 Å². The lowest BCUT2D eigenvalue weighted by molar-refractivity contribution is -0.119. The summed E-state index contributed by atoms with van der Waals surface area (Å²) in [4.78, 5) is 23.9. The topological polar surface area (TPSA) is 55.4 Å². The molecule has 0 heterocycles. The van der Waals surface area contributed by atoms with Crippen LogP contribution in [0.4, 0.5) is 10.1 Å². The average Bonchev–Trinajstić information content (AvgIpc) is 2.62. The fraction of sp³-hybridized carbons (Fsp3) is 0.0526. The Labute approximate surface area is 148 Å². The fourth-order valence-corrected chi connectivity index (χ4v) is 2.48. The Balaban J connectivity index is 1.60. The van der Waals surface area contributed by atoms with Gasteiger partial charge < -0.3 is 10.1 Å². The zero-order valence-electron chi connectivity index (χ0n) is 13.0. The molecule has 25 heavy (non-hydrogen) atoms. The Kier molecular flexibility index (Phi) is 4.95. The molecule has 0 aliphatic heterocycles. The van der Waals surface area contributed by atoms with Gasteiger partial charge in [-0.25, -0.2) is 9.18 Å². The van der Waals surface area contributed by atoms with Gasteiger partial charge in [0.25, 0.3) is 5.91 Å². The quantitative estimate of drug-likeness (QED) is 0.703. The fourth-order valence-electron chi connectivity index (χ4n) is 2.30. The highest BCUT2D eigenvalue weighted by Crippen LogP contribution is 2.19. The van der Waals surface area contributed by atoms with Crippen LogP contribution in [-0.4, -0.2) is 18.5 Å². The van der Waals surface area contributed by atoms with Gasteiger partial charge in [-0.05, 0) is 41.1 Å². The van der Waals surface area contributed by atoms with Crippen molar-refractivity contribution in [3.05, 3.63) is 77.1 Å². The molecule has 4 nitrogen and oxygen atoms in total. The first-order chi connectivity index (χ1) is 12.0. The van der Waals surface area contributed by atoms with E-state index < -0.39 is 24.3 Å². The Morgan fingerprint density at radius 3 is 2.52 bits per heavy atom. The second kappa shape index (κ2) is 7.32. The zero-order chi connectivity index (χ0) is 17.8. The van der Waals surface area contributed by atoms with Gasteiger partial charge in [0.15, 0.2) is 6.61 Å². The van der Waals surface area contributed by atoms with Crippen molar-refractivity contribution in [2.45, 2.75) is 0 Å². The van der Waals surface area contributed by atoms with Gasteiger partial charge in [0, 0.05) is 5.69 Å². The number of hydrogen-bond donors (Lipinski definition) is 1. The van der Waals surface area contributed by atoms with E-state index in [4.69, 9.17) is 16.3 Å². The van der Waals surface area contributed by atoms with Crippen LogP contribution in [0.2, 0.25) is 5.02 Å². The Hall–Kier alpha value is -2.92. The highest BCUT2D eigenvalue weighted by atomic mass is 35.5. The minimum atomic E-state index is -0.599. The molecule has 0 spiro atoms. The number of carbonyl (C=O) groups is 2. The van der Waals surface area contributed by atoms with E-state index in [0.717, 1.165) is 16.8 Å². The van der Waals surface area contributed by atoms with E-state index >= 15 is 0 Å². The third-order valence-electron chi connectivity index (χ3n) is 3.52. The van der Waals surface area contributed by atoms with E-state index in [0.29, 0.717) is 11.3 Å². The molecule has 0 bridgehead atoms. The van der Waals surface area contributed by atoms with Crippen LogP contribution in [0, 0.1) is 5.82 Å². The van der Waals surface area contributed by atoms with E-state index in [1.807, 2.05) is 30.3 Å². The lowest BCUT2D eigenvalue weighted by Crippen LogP contribution is -2.21. The molecule has 3 aromatic carbocycles. The second-order valence-electron chi connectivity index (χ2n) is 5.32. The van der Waals surface area contributed by atoms with E-state index in [1.165, 1.54) is 12.1 Å². The number of nitrogens with one attached hydrogen (secondary N) is 1. The Bertz CT molecular complexity index is 958. The maximum Gasteiger partial charge on any atom is 0.338 e. The number of ether oxygens (including phenoxy) is 1. The van der Waals surface area contributed by atoms with Crippen LogP contribution in [-0.2, 0) is 9.53 Å². The summed E-state index contributed by atoms with van der Waals surface area (Å²) in [6.45, 7) is -0.458. The molecule has 0 aliphatic carbocycles. The van der Waals surface area contributed by atoms with Crippen molar-refractivity contribution in [1.82, 2.24) is 0 Å². The molecule has 0 fully saturated rings. The Morgan fingerprint density at radius 1 is 1.00 bits per heavy atom. The van der Waals surface area contributed by atoms with Gasteiger partial charge in [-0.2, -0.15) is 0 Å². The average molecular weight is 358 g/mol. The molecule has 1 amide bonds. The molecule has 0 saturated heterocycles. The molecule has 126 valence electrons. The van der Waals surface area contributed by atoms with E-state index in [1.54, 1.807) is 12.1 Å². The van der Waals surface area contributed by atoms with Crippen molar-refractivity contribution in [2.24, 2.45) is 0 Å². The molecular weight excluding hydrogens is 345 g/mol. The highest BCUT2D eigenvalue weighted by Gasteiger charge is 2.11. The van der Waals surface area contributed by atoms with Crippen molar-refractivity contribution in [1.29, 1.82) is 0 Å². The third-order valence-corrected chi connectivity index (χ3v) is 3.81. The van der Waals surface area contributed by atoms with E-state index in [2.05, 4.69) is 5.32 Å². The summed E-state index contributed by atoms with van der Waals surface area (Å²) in [6, 6.07) is 16.5. The van der Waals surface area contributed by atoms with Crippen LogP contribution in [0.25, 0.3) is 10.8 Å². The number of hydrogen-bond acceptors (Lipinski definition) is 3. The van der Waals surface area contributed by atoms with Crippen molar-refractivity contribution in [3.63, 3.8) is 0 Å². The lowest BCUT2D eigenvalue weighted by atomic mass is 10.1. The van der Waals surface area contributed by atoms with Gasteiger partial charge in [0.1, 0.15) is 5.82 Å². The lowest BCUT2D eigenvalue weighted by Gasteiger charge is -2.08. The first-order valence-corrected chi connectivity index (χ1v) is 7.81. The predicted molar refractivity (Wildman–Crippen MR) is 94.3 cm³/mol. The van der Waals surface area contributed by atoms with Crippen LogP contribution in [0.1, 0.15) is 10.4 Å². The molecule has 0 unspecified atom stereocenters. The highest BCUT2D eigenvalue weighted by molar-refractivity contribution is 6.31. The standard InChI is InChI=1S/C19H13ClFNO3/c20-16-10-15(7-8-17(16)21)22-18(23)11-25-19(24)14-6-5-12-3-1-2-4-13(12)9-14/h1-10H,11H2,(H,22,23). The van der Waals surface area contributed by atoms with Gasteiger partial charge in [0.05, 0.1) is 10.6 Å². The predicted octanol–water partition coefficient (Wildman–Crippen LogP) is 4.43. The zero-order valence-corrected chi connectivity index (χ0v) is 13.7.